The Hall–Kier alpha value is -1.36. The van der Waals surface area contributed by atoms with Gasteiger partial charge in [0.05, 0.1) is 0 Å². The van der Waals surface area contributed by atoms with Gasteiger partial charge in [-0.05, 0) is 19.8 Å². The average Bonchev–Trinajstić information content (AvgIpc) is 3.18. The van der Waals surface area contributed by atoms with Crippen LogP contribution in [0, 0.1) is 6.92 Å². The van der Waals surface area contributed by atoms with Gasteiger partial charge in [0.1, 0.15) is 17.5 Å². The van der Waals surface area contributed by atoms with Gasteiger partial charge >= 0.3 is 0 Å². The van der Waals surface area contributed by atoms with E-state index in [-0.39, 0.29) is 0 Å². The number of piperazine rings is 1. The van der Waals surface area contributed by atoms with Crippen LogP contribution in [-0.4, -0.2) is 36.1 Å². The van der Waals surface area contributed by atoms with E-state index in [9.17, 15) is 0 Å². The van der Waals surface area contributed by atoms with Crippen LogP contribution in [0.2, 0.25) is 0 Å². The first-order valence-corrected chi connectivity index (χ1v) is 6.35. The summed E-state index contributed by atoms with van der Waals surface area (Å²) in [5.41, 5.74) is 7.02. The van der Waals surface area contributed by atoms with Crippen molar-refractivity contribution in [1.82, 2.24) is 15.3 Å². The molecule has 0 amide bonds. The van der Waals surface area contributed by atoms with E-state index in [0.29, 0.717) is 11.7 Å². The van der Waals surface area contributed by atoms with Gasteiger partial charge in [-0.1, -0.05) is 0 Å². The van der Waals surface area contributed by atoms with Crippen LogP contribution in [0.5, 0.6) is 0 Å². The van der Waals surface area contributed by atoms with Crippen molar-refractivity contribution < 1.29 is 0 Å². The van der Waals surface area contributed by atoms with E-state index in [1.54, 1.807) is 0 Å². The fourth-order valence-electron chi connectivity index (χ4n) is 2.25. The molecule has 92 valence electrons. The second-order valence-electron chi connectivity index (χ2n) is 4.93. The van der Waals surface area contributed by atoms with Crippen molar-refractivity contribution >= 4 is 11.6 Å². The summed E-state index contributed by atoms with van der Waals surface area (Å²) in [6, 6.07) is 0. The molecule has 2 aliphatic rings. The Labute approximate surface area is 101 Å². The maximum absolute atomic E-state index is 6.00. The molecule has 2 heterocycles. The summed E-state index contributed by atoms with van der Waals surface area (Å²) in [5.74, 6) is 3.19. The van der Waals surface area contributed by atoms with E-state index in [1.165, 1.54) is 12.8 Å². The number of nitrogens with zero attached hydrogens (tertiary/aromatic N) is 3. The van der Waals surface area contributed by atoms with Gasteiger partial charge in [0.2, 0.25) is 0 Å². The zero-order valence-corrected chi connectivity index (χ0v) is 10.2. The van der Waals surface area contributed by atoms with Crippen LogP contribution in [-0.2, 0) is 0 Å². The Morgan fingerprint density at radius 2 is 1.94 bits per heavy atom. The summed E-state index contributed by atoms with van der Waals surface area (Å²) in [6.45, 7) is 6.05. The maximum Gasteiger partial charge on any atom is 0.137 e. The second kappa shape index (κ2) is 4.14. The molecule has 0 unspecified atom stereocenters. The van der Waals surface area contributed by atoms with E-state index in [0.717, 1.165) is 43.4 Å². The molecular formula is C12H19N5. The SMILES string of the molecule is Cc1c(N)nc(C2CC2)nc1N1CCNCC1. The van der Waals surface area contributed by atoms with Crippen LogP contribution in [0.15, 0.2) is 0 Å². The zero-order chi connectivity index (χ0) is 11.8. The summed E-state index contributed by atoms with van der Waals surface area (Å²) < 4.78 is 0. The van der Waals surface area contributed by atoms with Crippen LogP contribution < -0.4 is 16.0 Å². The highest BCUT2D eigenvalue weighted by molar-refractivity contribution is 5.57. The molecule has 1 saturated heterocycles. The Bertz CT molecular complexity index is 421. The van der Waals surface area contributed by atoms with Crippen LogP contribution in [0.25, 0.3) is 0 Å². The Morgan fingerprint density at radius 1 is 1.24 bits per heavy atom. The van der Waals surface area contributed by atoms with Gasteiger partial charge in [-0.15, -0.1) is 0 Å². The molecule has 0 aromatic carbocycles. The minimum absolute atomic E-state index is 0.555. The summed E-state index contributed by atoms with van der Waals surface area (Å²) in [5, 5.41) is 3.35. The maximum atomic E-state index is 6.00. The standard InChI is InChI=1S/C12H19N5/c1-8-10(13)15-11(9-2-3-9)16-12(8)17-6-4-14-5-7-17/h9,14H,2-7H2,1H3,(H2,13,15,16). The third-order valence-electron chi connectivity index (χ3n) is 3.53. The van der Waals surface area contributed by atoms with Gasteiger partial charge in [-0.25, -0.2) is 9.97 Å². The topological polar surface area (TPSA) is 67.1 Å². The van der Waals surface area contributed by atoms with Crippen LogP contribution in [0.3, 0.4) is 0 Å². The third kappa shape index (κ3) is 2.07. The zero-order valence-electron chi connectivity index (χ0n) is 10.2. The molecule has 3 rings (SSSR count). The first-order valence-electron chi connectivity index (χ1n) is 6.35. The number of hydrogen-bond acceptors (Lipinski definition) is 5. The minimum Gasteiger partial charge on any atom is -0.383 e. The molecule has 3 N–H and O–H groups in total. The summed E-state index contributed by atoms with van der Waals surface area (Å²) in [7, 11) is 0. The smallest absolute Gasteiger partial charge is 0.137 e. The van der Waals surface area contributed by atoms with Crippen molar-refractivity contribution in [2.24, 2.45) is 0 Å². The second-order valence-corrected chi connectivity index (χ2v) is 4.93. The average molecular weight is 233 g/mol. The number of rotatable bonds is 2. The lowest BCUT2D eigenvalue weighted by molar-refractivity contribution is 0.582. The predicted molar refractivity (Wildman–Crippen MR) is 68.2 cm³/mol. The normalized spacial score (nSPS) is 20.6. The summed E-state index contributed by atoms with van der Waals surface area (Å²) >= 11 is 0. The van der Waals surface area contributed by atoms with Gasteiger partial charge in [-0.2, -0.15) is 0 Å². The van der Waals surface area contributed by atoms with Gasteiger partial charge in [0.15, 0.2) is 0 Å². The molecule has 0 atom stereocenters. The molecule has 0 bridgehead atoms. The lowest BCUT2D eigenvalue weighted by atomic mass is 10.2. The number of nitrogens with one attached hydrogen (secondary N) is 1. The molecule has 0 radical (unpaired) electrons. The van der Waals surface area contributed by atoms with Crippen molar-refractivity contribution in [2.75, 3.05) is 36.8 Å². The van der Waals surface area contributed by atoms with E-state index in [4.69, 9.17) is 10.7 Å². The van der Waals surface area contributed by atoms with Gasteiger partial charge < -0.3 is 16.0 Å². The lowest BCUT2D eigenvalue weighted by Crippen LogP contribution is -2.44. The lowest BCUT2D eigenvalue weighted by Gasteiger charge is -2.30. The highest BCUT2D eigenvalue weighted by Crippen LogP contribution is 2.39. The quantitative estimate of drug-likeness (QED) is 0.785. The van der Waals surface area contributed by atoms with Crippen LogP contribution in [0.1, 0.15) is 30.1 Å². The van der Waals surface area contributed by atoms with Crippen molar-refractivity contribution in [3.05, 3.63) is 11.4 Å². The van der Waals surface area contributed by atoms with E-state index < -0.39 is 0 Å². The number of anilines is 2. The first-order chi connectivity index (χ1) is 8.25. The third-order valence-corrected chi connectivity index (χ3v) is 3.53. The van der Waals surface area contributed by atoms with Crippen LogP contribution in [0.4, 0.5) is 11.6 Å². The Morgan fingerprint density at radius 3 is 2.59 bits per heavy atom. The minimum atomic E-state index is 0.555. The highest BCUT2D eigenvalue weighted by Gasteiger charge is 2.28. The molecule has 1 aromatic heterocycles. The number of nitrogen functional groups attached to an aromatic ring is 1. The van der Waals surface area contributed by atoms with Crippen LogP contribution >= 0.6 is 0 Å². The molecule has 1 aliphatic carbocycles. The van der Waals surface area contributed by atoms with Crippen molar-refractivity contribution in [3.8, 4) is 0 Å². The molecule has 0 spiro atoms. The van der Waals surface area contributed by atoms with Gasteiger partial charge in [0.25, 0.3) is 0 Å². The number of nitrogens with two attached hydrogens (primary N) is 1. The fourth-order valence-corrected chi connectivity index (χ4v) is 2.25. The summed E-state index contributed by atoms with van der Waals surface area (Å²) in [4.78, 5) is 11.5. The van der Waals surface area contributed by atoms with E-state index >= 15 is 0 Å². The summed E-state index contributed by atoms with van der Waals surface area (Å²) in [6.07, 6.45) is 2.42. The van der Waals surface area contributed by atoms with E-state index in [1.807, 2.05) is 6.92 Å². The predicted octanol–water partition coefficient (Wildman–Crippen LogP) is 0.654. The first kappa shape index (κ1) is 10.8. The monoisotopic (exact) mass is 233 g/mol. The van der Waals surface area contributed by atoms with Gasteiger partial charge in [-0.3, -0.25) is 0 Å². The van der Waals surface area contributed by atoms with Crippen molar-refractivity contribution in [2.45, 2.75) is 25.7 Å². The largest absolute Gasteiger partial charge is 0.383 e. The van der Waals surface area contributed by atoms with Gasteiger partial charge in [0, 0.05) is 37.7 Å². The molecule has 2 fully saturated rings. The molecule has 1 aliphatic heterocycles. The Kier molecular flexibility index (Phi) is 2.63. The molecule has 1 aromatic rings. The fraction of sp³-hybridized carbons (Fsp3) is 0.667. The van der Waals surface area contributed by atoms with Crippen molar-refractivity contribution in [1.29, 1.82) is 0 Å². The highest BCUT2D eigenvalue weighted by atomic mass is 15.2. The Balaban J connectivity index is 1.95. The number of aromatic nitrogens is 2. The molecule has 17 heavy (non-hydrogen) atoms. The number of hydrogen-bond donors (Lipinski definition) is 2. The van der Waals surface area contributed by atoms with E-state index in [2.05, 4.69) is 15.2 Å². The molecule has 5 heteroatoms. The van der Waals surface area contributed by atoms with Crippen molar-refractivity contribution in [3.63, 3.8) is 0 Å². The molecule has 5 nitrogen and oxygen atoms in total. The molecular weight excluding hydrogens is 214 g/mol. The molecule has 1 saturated carbocycles.